The van der Waals surface area contributed by atoms with E-state index in [0.29, 0.717) is 13.1 Å². The monoisotopic (exact) mass is 233 g/mol. The number of nitriles is 1. The van der Waals surface area contributed by atoms with Crippen LogP contribution in [-0.2, 0) is 4.79 Å². The molecule has 0 unspecified atom stereocenters. The van der Waals surface area contributed by atoms with Gasteiger partial charge in [-0.15, -0.1) is 13.2 Å². The van der Waals surface area contributed by atoms with Crippen LogP contribution in [0.2, 0.25) is 0 Å². The van der Waals surface area contributed by atoms with E-state index in [0.717, 1.165) is 0 Å². The Morgan fingerprint density at radius 1 is 1.41 bits per heavy atom. The number of hydrogen-bond donors (Lipinski definition) is 1. The molecule has 0 aliphatic heterocycles. The van der Waals surface area contributed by atoms with E-state index in [9.17, 15) is 4.79 Å². The molecule has 0 saturated carbocycles. The highest BCUT2D eigenvalue weighted by Gasteiger charge is 2.11. The van der Waals surface area contributed by atoms with Gasteiger partial charge in [-0.1, -0.05) is 12.2 Å². The van der Waals surface area contributed by atoms with Crippen LogP contribution in [-0.4, -0.2) is 29.9 Å². The first kappa shape index (κ1) is 15.0. The molecule has 0 rings (SSSR count). The van der Waals surface area contributed by atoms with Gasteiger partial charge in [0.1, 0.15) is 11.6 Å². The van der Waals surface area contributed by atoms with Crippen molar-refractivity contribution in [2.75, 3.05) is 13.1 Å². The van der Waals surface area contributed by atoms with Crippen molar-refractivity contribution in [3.05, 3.63) is 37.1 Å². The molecular formula is C13H19N3O. The van der Waals surface area contributed by atoms with Crippen molar-refractivity contribution in [3.63, 3.8) is 0 Å². The second kappa shape index (κ2) is 8.17. The summed E-state index contributed by atoms with van der Waals surface area (Å²) in [6.07, 6.45) is 4.94. The standard InChI is InChI=1S/C13H19N3O/c1-5-7-16(8-6-2)10-12(9-14)13(17)15-11(3)4/h5-6,10-11H,1-2,7-8H2,3-4H3,(H,15,17)/b12-10-. The minimum atomic E-state index is -0.361. The summed E-state index contributed by atoms with van der Waals surface area (Å²) in [5.74, 6) is -0.361. The van der Waals surface area contributed by atoms with Crippen molar-refractivity contribution in [3.8, 4) is 6.07 Å². The van der Waals surface area contributed by atoms with Crippen molar-refractivity contribution in [1.82, 2.24) is 10.2 Å². The van der Waals surface area contributed by atoms with Gasteiger partial charge in [-0.05, 0) is 13.8 Å². The van der Waals surface area contributed by atoms with Gasteiger partial charge in [0.25, 0.3) is 5.91 Å². The summed E-state index contributed by atoms with van der Waals surface area (Å²) < 4.78 is 0. The molecule has 0 heterocycles. The maximum Gasteiger partial charge on any atom is 0.263 e. The SMILES string of the molecule is C=CCN(/C=C(/C#N)C(=O)NC(C)C)CC=C. The molecular weight excluding hydrogens is 214 g/mol. The van der Waals surface area contributed by atoms with Gasteiger partial charge in [-0.25, -0.2) is 0 Å². The Hall–Kier alpha value is -2.02. The van der Waals surface area contributed by atoms with Crippen LogP contribution in [0.1, 0.15) is 13.8 Å². The summed E-state index contributed by atoms with van der Waals surface area (Å²) in [6.45, 7) is 12.1. The van der Waals surface area contributed by atoms with Crippen LogP contribution in [0.5, 0.6) is 0 Å². The van der Waals surface area contributed by atoms with Crippen molar-refractivity contribution in [2.24, 2.45) is 0 Å². The zero-order valence-corrected chi connectivity index (χ0v) is 10.4. The fourth-order valence-corrected chi connectivity index (χ4v) is 1.17. The lowest BCUT2D eigenvalue weighted by Crippen LogP contribution is -2.32. The van der Waals surface area contributed by atoms with Crippen LogP contribution in [0.4, 0.5) is 0 Å². The molecule has 4 heteroatoms. The van der Waals surface area contributed by atoms with Gasteiger partial charge in [0.05, 0.1) is 0 Å². The molecule has 0 spiro atoms. The summed E-state index contributed by atoms with van der Waals surface area (Å²) >= 11 is 0. The van der Waals surface area contributed by atoms with E-state index in [1.165, 1.54) is 6.20 Å². The summed E-state index contributed by atoms with van der Waals surface area (Å²) in [4.78, 5) is 13.4. The maximum absolute atomic E-state index is 11.6. The minimum Gasteiger partial charge on any atom is -0.369 e. The van der Waals surface area contributed by atoms with Crippen molar-refractivity contribution in [1.29, 1.82) is 5.26 Å². The average molecular weight is 233 g/mol. The molecule has 0 fully saturated rings. The van der Waals surface area contributed by atoms with E-state index in [1.807, 2.05) is 19.9 Å². The van der Waals surface area contributed by atoms with E-state index in [2.05, 4.69) is 18.5 Å². The van der Waals surface area contributed by atoms with Gasteiger partial charge < -0.3 is 10.2 Å². The molecule has 1 N–H and O–H groups in total. The number of amides is 1. The molecule has 0 aromatic carbocycles. The molecule has 0 radical (unpaired) electrons. The number of nitrogens with one attached hydrogen (secondary N) is 1. The van der Waals surface area contributed by atoms with Crippen LogP contribution in [0.3, 0.4) is 0 Å². The Morgan fingerprint density at radius 3 is 2.29 bits per heavy atom. The third-order valence-corrected chi connectivity index (χ3v) is 1.82. The van der Waals surface area contributed by atoms with Crippen LogP contribution in [0, 0.1) is 11.3 Å². The van der Waals surface area contributed by atoms with Crippen molar-refractivity contribution in [2.45, 2.75) is 19.9 Å². The van der Waals surface area contributed by atoms with Gasteiger partial charge in [0.15, 0.2) is 0 Å². The molecule has 0 aliphatic rings. The predicted molar refractivity (Wildman–Crippen MR) is 68.9 cm³/mol. The average Bonchev–Trinajstić information content (AvgIpc) is 2.25. The Bertz CT molecular complexity index is 340. The molecule has 0 atom stereocenters. The number of carbonyl (C=O) groups is 1. The fraction of sp³-hybridized carbons (Fsp3) is 0.385. The predicted octanol–water partition coefficient (Wildman–Crippen LogP) is 1.59. The van der Waals surface area contributed by atoms with Crippen LogP contribution in [0.15, 0.2) is 37.1 Å². The van der Waals surface area contributed by atoms with Crippen LogP contribution in [0.25, 0.3) is 0 Å². The summed E-state index contributed by atoms with van der Waals surface area (Å²) in [5.41, 5.74) is 0.0856. The zero-order valence-electron chi connectivity index (χ0n) is 10.4. The molecule has 0 bridgehead atoms. The zero-order chi connectivity index (χ0) is 13.3. The summed E-state index contributed by atoms with van der Waals surface area (Å²) in [7, 11) is 0. The normalized spacial score (nSPS) is 10.6. The highest BCUT2D eigenvalue weighted by Crippen LogP contribution is 1.99. The fourth-order valence-electron chi connectivity index (χ4n) is 1.17. The van der Waals surface area contributed by atoms with Gasteiger partial charge in [0.2, 0.25) is 0 Å². The molecule has 4 nitrogen and oxygen atoms in total. The Morgan fingerprint density at radius 2 is 1.94 bits per heavy atom. The quantitative estimate of drug-likeness (QED) is 0.413. The second-order valence-electron chi connectivity index (χ2n) is 3.81. The number of hydrogen-bond acceptors (Lipinski definition) is 3. The number of rotatable bonds is 7. The largest absolute Gasteiger partial charge is 0.369 e. The lowest BCUT2D eigenvalue weighted by molar-refractivity contribution is -0.117. The first-order valence-corrected chi connectivity index (χ1v) is 5.43. The Balaban J connectivity index is 4.81. The van der Waals surface area contributed by atoms with Crippen LogP contribution >= 0.6 is 0 Å². The highest BCUT2D eigenvalue weighted by atomic mass is 16.1. The van der Waals surface area contributed by atoms with Crippen molar-refractivity contribution >= 4 is 5.91 Å². The summed E-state index contributed by atoms with van der Waals surface area (Å²) in [5, 5.41) is 11.6. The van der Waals surface area contributed by atoms with E-state index < -0.39 is 0 Å². The molecule has 0 aromatic heterocycles. The lowest BCUT2D eigenvalue weighted by Gasteiger charge is -2.17. The van der Waals surface area contributed by atoms with Gasteiger partial charge in [-0.2, -0.15) is 5.26 Å². The third kappa shape index (κ3) is 6.21. The molecule has 1 amide bonds. The van der Waals surface area contributed by atoms with Crippen LogP contribution < -0.4 is 5.32 Å². The topological polar surface area (TPSA) is 56.1 Å². The minimum absolute atomic E-state index is 0.00603. The summed E-state index contributed by atoms with van der Waals surface area (Å²) in [6, 6.07) is 1.90. The first-order valence-electron chi connectivity index (χ1n) is 5.43. The van der Waals surface area contributed by atoms with Gasteiger partial charge >= 0.3 is 0 Å². The van der Waals surface area contributed by atoms with E-state index in [1.54, 1.807) is 17.1 Å². The second-order valence-corrected chi connectivity index (χ2v) is 3.81. The third-order valence-electron chi connectivity index (χ3n) is 1.82. The maximum atomic E-state index is 11.6. The molecule has 0 aliphatic carbocycles. The Kier molecular flexibility index (Phi) is 7.20. The molecule has 0 aromatic rings. The van der Waals surface area contributed by atoms with E-state index >= 15 is 0 Å². The van der Waals surface area contributed by atoms with E-state index in [4.69, 9.17) is 5.26 Å². The van der Waals surface area contributed by atoms with Crippen molar-refractivity contribution < 1.29 is 4.79 Å². The molecule has 92 valence electrons. The Labute approximate surface area is 103 Å². The molecule has 0 saturated heterocycles. The van der Waals surface area contributed by atoms with E-state index in [-0.39, 0.29) is 17.5 Å². The van der Waals surface area contributed by atoms with Gasteiger partial charge in [-0.3, -0.25) is 4.79 Å². The lowest BCUT2D eigenvalue weighted by atomic mass is 10.2. The number of carbonyl (C=O) groups excluding carboxylic acids is 1. The van der Waals surface area contributed by atoms with Gasteiger partial charge in [0, 0.05) is 25.3 Å². The highest BCUT2D eigenvalue weighted by molar-refractivity contribution is 5.97. The smallest absolute Gasteiger partial charge is 0.263 e. The first-order chi connectivity index (χ1) is 8.04. The molecule has 17 heavy (non-hydrogen) atoms. The number of nitrogens with zero attached hydrogens (tertiary/aromatic N) is 2.